The van der Waals surface area contributed by atoms with Crippen LogP contribution in [0.2, 0.25) is 0 Å². The second-order valence-corrected chi connectivity index (χ2v) is 3.33. The van der Waals surface area contributed by atoms with Crippen molar-refractivity contribution in [2.24, 2.45) is 0 Å². The van der Waals surface area contributed by atoms with Crippen LogP contribution in [0.15, 0.2) is 22.7 Å². The van der Waals surface area contributed by atoms with Crippen LogP contribution in [0.4, 0.5) is 0 Å². The summed E-state index contributed by atoms with van der Waals surface area (Å²) in [7, 11) is 0. The maximum atomic E-state index is 5.36. The second-order valence-electron chi connectivity index (χ2n) is 3.33. The van der Waals surface area contributed by atoms with Crippen molar-refractivity contribution < 1.29 is 4.42 Å². The minimum atomic E-state index is 0.693. The SMILES string of the molecule is Cc1ccc(-c2nc(C)oc2C)cn1. The smallest absolute Gasteiger partial charge is 0.191 e. The molecule has 3 heteroatoms. The zero-order valence-corrected chi connectivity index (χ0v) is 8.53. The van der Waals surface area contributed by atoms with Crippen molar-refractivity contribution in [2.75, 3.05) is 0 Å². The standard InChI is InChI=1S/C11H12N2O/c1-7-4-5-10(6-12-7)11-8(2)14-9(3)13-11/h4-6H,1-3H3. The van der Waals surface area contributed by atoms with Gasteiger partial charge < -0.3 is 4.42 Å². The first-order valence-electron chi connectivity index (χ1n) is 4.54. The van der Waals surface area contributed by atoms with Crippen LogP contribution >= 0.6 is 0 Å². The average molecular weight is 188 g/mol. The summed E-state index contributed by atoms with van der Waals surface area (Å²) in [6, 6.07) is 3.98. The zero-order chi connectivity index (χ0) is 10.1. The minimum Gasteiger partial charge on any atom is -0.446 e. The molecule has 2 aromatic heterocycles. The summed E-state index contributed by atoms with van der Waals surface area (Å²) in [5, 5.41) is 0. The molecule has 72 valence electrons. The normalized spacial score (nSPS) is 10.5. The van der Waals surface area contributed by atoms with Gasteiger partial charge in [0.25, 0.3) is 0 Å². The van der Waals surface area contributed by atoms with Gasteiger partial charge in [-0.15, -0.1) is 0 Å². The van der Waals surface area contributed by atoms with Crippen LogP contribution in [0, 0.1) is 20.8 Å². The van der Waals surface area contributed by atoms with Crippen LogP contribution in [-0.2, 0) is 0 Å². The van der Waals surface area contributed by atoms with Crippen molar-refractivity contribution in [1.29, 1.82) is 0 Å². The minimum absolute atomic E-state index is 0.693. The molecule has 0 bridgehead atoms. The van der Waals surface area contributed by atoms with E-state index < -0.39 is 0 Å². The number of oxazole rings is 1. The lowest BCUT2D eigenvalue weighted by Crippen LogP contribution is -1.84. The van der Waals surface area contributed by atoms with Crippen LogP contribution in [0.25, 0.3) is 11.3 Å². The Bertz CT molecular complexity index is 443. The molecule has 2 aromatic rings. The molecule has 0 aliphatic rings. The maximum absolute atomic E-state index is 5.36. The number of hydrogen-bond acceptors (Lipinski definition) is 3. The Morgan fingerprint density at radius 3 is 2.43 bits per heavy atom. The van der Waals surface area contributed by atoms with Crippen molar-refractivity contribution in [3.8, 4) is 11.3 Å². The first kappa shape index (κ1) is 8.94. The highest BCUT2D eigenvalue weighted by atomic mass is 16.4. The summed E-state index contributed by atoms with van der Waals surface area (Å²) in [5.41, 5.74) is 2.89. The van der Waals surface area contributed by atoms with E-state index in [1.807, 2.05) is 39.1 Å². The number of nitrogens with zero attached hydrogens (tertiary/aromatic N) is 2. The molecular weight excluding hydrogens is 176 g/mol. The van der Waals surface area contributed by atoms with Crippen LogP contribution in [0.1, 0.15) is 17.3 Å². The van der Waals surface area contributed by atoms with Crippen LogP contribution in [0.5, 0.6) is 0 Å². The summed E-state index contributed by atoms with van der Waals surface area (Å²) < 4.78 is 5.36. The summed E-state index contributed by atoms with van der Waals surface area (Å²) in [4.78, 5) is 8.53. The highest BCUT2D eigenvalue weighted by Gasteiger charge is 2.08. The molecule has 0 spiro atoms. The van der Waals surface area contributed by atoms with Crippen molar-refractivity contribution in [1.82, 2.24) is 9.97 Å². The van der Waals surface area contributed by atoms with E-state index in [-0.39, 0.29) is 0 Å². The lowest BCUT2D eigenvalue weighted by molar-refractivity contribution is 0.495. The first-order valence-corrected chi connectivity index (χ1v) is 4.54. The average Bonchev–Trinajstić information content (AvgIpc) is 2.47. The lowest BCUT2D eigenvalue weighted by Gasteiger charge is -1.96. The van der Waals surface area contributed by atoms with E-state index in [9.17, 15) is 0 Å². The maximum Gasteiger partial charge on any atom is 0.191 e. The highest BCUT2D eigenvalue weighted by molar-refractivity contribution is 5.59. The van der Waals surface area contributed by atoms with E-state index in [4.69, 9.17) is 4.42 Å². The molecule has 0 atom stereocenters. The Morgan fingerprint density at radius 2 is 1.93 bits per heavy atom. The third-order valence-electron chi connectivity index (χ3n) is 2.09. The summed E-state index contributed by atoms with van der Waals surface area (Å²) in [5.74, 6) is 1.53. The van der Waals surface area contributed by atoms with E-state index in [0.717, 1.165) is 22.7 Å². The molecule has 0 saturated heterocycles. The van der Waals surface area contributed by atoms with Crippen LogP contribution < -0.4 is 0 Å². The van der Waals surface area contributed by atoms with Crippen molar-refractivity contribution in [3.05, 3.63) is 35.7 Å². The molecule has 0 unspecified atom stereocenters. The molecule has 0 aliphatic heterocycles. The van der Waals surface area contributed by atoms with Crippen molar-refractivity contribution >= 4 is 0 Å². The van der Waals surface area contributed by atoms with E-state index in [0.29, 0.717) is 5.89 Å². The van der Waals surface area contributed by atoms with Crippen molar-refractivity contribution in [2.45, 2.75) is 20.8 Å². The number of pyridine rings is 1. The van der Waals surface area contributed by atoms with Crippen molar-refractivity contribution in [3.63, 3.8) is 0 Å². The van der Waals surface area contributed by atoms with E-state index >= 15 is 0 Å². The summed E-state index contributed by atoms with van der Waals surface area (Å²) in [6.45, 7) is 5.72. The van der Waals surface area contributed by atoms with E-state index in [1.54, 1.807) is 0 Å². The molecule has 3 nitrogen and oxygen atoms in total. The quantitative estimate of drug-likeness (QED) is 0.690. The predicted octanol–water partition coefficient (Wildman–Crippen LogP) is 2.66. The van der Waals surface area contributed by atoms with Gasteiger partial charge in [0.2, 0.25) is 0 Å². The first-order chi connectivity index (χ1) is 6.66. The fraction of sp³-hybridized carbons (Fsp3) is 0.273. The summed E-state index contributed by atoms with van der Waals surface area (Å²) in [6.07, 6.45) is 1.82. The van der Waals surface area contributed by atoms with Gasteiger partial charge in [-0.3, -0.25) is 4.98 Å². The number of aryl methyl sites for hydroxylation is 3. The Kier molecular flexibility index (Phi) is 2.08. The predicted molar refractivity (Wildman–Crippen MR) is 53.9 cm³/mol. The molecule has 14 heavy (non-hydrogen) atoms. The third-order valence-corrected chi connectivity index (χ3v) is 2.09. The fourth-order valence-corrected chi connectivity index (χ4v) is 1.40. The Balaban J connectivity index is 2.49. The Labute approximate surface area is 82.8 Å². The third kappa shape index (κ3) is 1.53. The molecule has 2 heterocycles. The molecule has 0 radical (unpaired) electrons. The van der Waals surface area contributed by atoms with Crippen LogP contribution in [0.3, 0.4) is 0 Å². The van der Waals surface area contributed by atoms with Gasteiger partial charge in [0.15, 0.2) is 5.89 Å². The van der Waals surface area contributed by atoms with Gasteiger partial charge in [0.05, 0.1) is 0 Å². The van der Waals surface area contributed by atoms with E-state index in [1.165, 1.54) is 0 Å². The summed E-state index contributed by atoms with van der Waals surface area (Å²) >= 11 is 0. The molecule has 0 aliphatic carbocycles. The molecule has 0 fully saturated rings. The van der Waals surface area contributed by atoms with E-state index in [2.05, 4.69) is 9.97 Å². The number of rotatable bonds is 1. The molecule has 0 aromatic carbocycles. The monoisotopic (exact) mass is 188 g/mol. The Hall–Kier alpha value is -1.64. The number of aromatic nitrogens is 2. The lowest BCUT2D eigenvalue weighted by atomic mass is 10.2. The zero-order valence-electron chi connectivity index (χ0n) is 8.53. The Morgan fingerprint density at radius 1 is 1.14 bits per heavy atom. The second kappa shape index (κ2) is 3.25. The molecular formula is C11H12N2O. The van der Waals surface area contributed by atoms with Crippen LogP contribution in [-0.4, -0.2) is 9.97 Å². The van der Waals surface area contributed by atoms with Gasteiger partial charge in [-0.2, -0.15) is 0 Å². The molecule has 0 N–H and O–H groups in total. The van der Waals surface area contributed by atoms with Gasteiger partial charge in [-0.25, -0.2) is 4.98 Å². The van der Waals surface area contributed by atoms with Gasteiger partial charge >= 0.3 is 0 Å². The number of hydrogen-bond donors (Lipinski definition) is 0. The topological polar surface area (TPSA) is 38.9 Å². The molecule has 2 rings (SSSR count). The van der Waals surface area contributed by atoms with Gasteiger partial charge in [-0.1, -0.05) is 0 Å². The highest BCUT2D eigenvalue weighted by Crippen LogP contribution is 2.22. The molecule has 0 amide bonds. The van der Waals surface area contributed by atoms with Gasteiger partial charge in [0, 0.05) is 24.4 Å². The van der Waals surface area contributed by atoms with Gasteiger partial charge in [-0.05, 0) is 26.0 Å². The fourth-order valence-electron chi connectivity index (χ4n) is 1.40. The largest absolute Gasteiger partial charge is 0.446 e. The molecule has 0 saturated carbocycles. The van der Waals surface area contributed by atoms with Gasteiger partial charge in [0.1, 0.15) is 11.5 Å².